The van der Waals surface area contributed by atoms with Crippen LogP contribution < -0.4 is 5.32 Å². The van der Waals surface area contributed by atoms with Crippen molar-refractivity contribution in [3.8, 4) is 0 Å². The molecule has 0 radical (unpaired) electrons. The van der Waals surface area contributed by atoms with Gasteiger partial charge in [0.15, 0.2) is 0 Å². The van der Waals surface area contributed by atoms with E-state index in [0.717, 1.165) is 5.56 Å². The smallest absolute Gasteiger partial charge is 0.133 e. The maximum atomic E-state index is 13.0. The molecule has 1 atom stereocenters. The molecule has 1 aromatic carbocycles. The second-order valence-electron chi connectivity index (χ2n) is 2.72. The summed E-state index contributed by atoms with van der Waals surface area (Å²) in [5, 5.41) is 11.8. The van der Waals surface area contributed by atoms with Crippen LogP contribution in [0.25, 0.3) is 0 Å². The van der Waals surface area contributed by atoms with Crippen LogP contribution in [0.2, 0.25) is 0 Å². The van der Waals surface area contributed by atoms with E-state index in [1.807, 2.05) is 6.92 Å². The SMILES string of the molecule is CNC(O)c1cc(C)ccc1F. The molecule has 12 heavy (non-hydrogen) atoms. The van der Waals surface area contributed by atoms with Crippen LogP contribution in [0.3, 0.4) is 0 Å². The number of halogens is 1. The summed E-state index contributed by atoms with van der Waals surface area (Å²) in [7, 11) is 1.58. The number of nitrogens with one attached hydrogen (secondary N) is 1. The lowest BCUT2D eigenvalue weighted by Crippen LogP contribution is -2.16. The molecule has 0 aliphatic heterocycles. The fraction of sp³-hybridized carbons (Fsp3) is 0.333. The molecule has 2 N–H and O–H groups in total. The number of rotatable bonds is 2. The normalized spacial score (nSPS) is 13.0. The van der Waals surface area contributed by atoms with E-state index in [2.05, 4.69) is 5.32 Å². The number of hydrogen-bond acceptors (Lipinski definition) is 2. The lowest BCUT2D eigenvalue weighted by atomic mass is 10.1. The third-order valence-electron chi connectivity index (χ3n) is 1.72. The number of aryl methyl sites for hydroxylation is 1. The van der Waals surface area contributed by atoms with E-state index >= 15 is 0 Å². The van der Waals surface area contributed by atoms with Gasteiger partial charge in [-0.1, -0.05) is 11.6 Å². The van der Waals surface area contributed by atoms with Gasteiger partial charge in [0.2, 0.25) is 0 Å². The van der Waals surface area contributed by atoms with Crippen LogP contribution in [0.5, 0.6) is 0 Å². The summed E-state index contributed by atoms with van der Waals surface area (Å²) >= 11 is 0. The predicted octanol–water partition coefficient (Wildman–Crippen LogP) is 1.34. The maximum Gasteiger partial charge on any atom is 0.133 e. The zero-order valence-electron chi connectivity index (χ0n) is 7.13. The summed E-state index contributed by atoms with van der Waals surface area (Å²) in [6.45, 7) is 1.85. The average Bonchev–Trinajstić information content (AvgIpc) is 2.08. The van der Waals surface area contributed by atoms with Gasteiger partial charge in [0.1, 0.15) is 12.0 Å². The molecule has 1 unspecified atom stereocenters. The summed E-state index contributed by atoms with van der Waals surface area (Å²) < 4.78 is 13.0. The quantitative estimate of drug-likeness (QED) is 0.655. The average molecular weight is 169 g/mol. The van der Waals surface area contributed by atoms with Crippen molar-refractivity contribution >= 4 is 0 Å². The molecule has 1 aromatic rings. The number of hydrogen-bond donors (Lipinski definition) is 2. The molecule has 2 nitrogen and oxygen atoms in total. The van der Waals surface area contributed by atoms with Gasteiger partial charge in [0.05, 0.1) is 0 Å². The van der Waals surface area contributed by atoms with Crippen LogP contribution in [0.4, 0.5) is 4.39 Å². The molecule has 0 amide bonds. The molecule has 0 spiro atoms. The highest BCUT2D eigenvalue weighted by molar-refractivity contribution is 5.25. The minimum absolute atomic E-state index is 0.289. The van der Waals surface area contributed by atoms with Crippen molar-refractivity contribution < 1.29 is 9.50 Å². The van der Waals surface area contributed by atoms with Crippen molar-refractivity contribution in [2.75, 3.05) is 7.05 Å². The highest BCUT2D eigenvalue weighted by atomic mass is 19.1. The Kier molecular flexibility index (Phi) is 2.78. The van der Waals surface area contributed by atoms with Crippen molar-refractivity contribution in [1.82, 2.24) is 5.32 Å². The summed E-state index contributed by atoms with van der Waals surface area (Å²) in [6, 6.07) is 4.64. The van der Waals surface area contributed by atoms with Crippen molar-refractivity contribution in [2.45, 2.75) is 13.2 Å². The van der Waals surface area contributed by atoms with Gasteiger partial charge in [-0.3, -0.25) is 5.32 Å². The van der Waals surface area contributed by atoms with Gasteiger partial charge in [0.25, 0.3) is 0 Å². The van der Waals surface area contributed by atoms with Crippen molar-refractivity contribution in [3.63, 3.8) is 0 Å². The third-order valence-corrected chi connectivity index (χ3v) is 1.72. The first-order valence-electron chi connectivity index (χ1n) is 3.76. The van der Waals surface area contributed by atoms with Gasteiger partial charge >= 0.3 is 0 Å². The van der Waals surface area contributed by atoms with Gasteiger partial charge in [-0.25, -0.2) is 4.39 Å². The second-order valence-corrected chi connectivity index (χ2v) is 2.72. The second kappa shape index (κ2) is 3.65. The highest BCUT2D eigenvalue weighted by Crippen LogP contribution is 2.15. The summed E-state index contributed by atoms with van der Waals surface area (Å²) in [5.41, 5.74) is 1.22. The fourth-order valence-corrected chi connectivity index (χ4v) is 1.03. The Labute approximate surface area is 71.0 Å². The molecule has 0 aliphatic carbocycles. The minimum Gasteiger partial charge on any atom is -0.374 e. The molecule has 0 aliphatic rings. The van der Waals surface area contributed by atoms with Crippen molar-refractivity contribution in [2.24, 2.45) is 0 Å². The molecule has 0 heterocycles. The molecule has 0 saturated heterocycles. The van der Waals surface area contributed by atoms with Crippen LogP contribution in [-0.2, 0) is 0 Å². The Morgan fingerprint density at radius 3 is 2.75 bits per heavy atom. The zero-order valence-corrected chi connectivity index (χ0v) is 7.13. The first-order valence-corrected chi connectivity index (χ1v) is 3.76. The summed E-state index contributed by atoms with van der Waals surface area (Å²) in [4.78, 5) is 0. The largest absolute Gasteiger partial charge is 0.374 e. The van der Waals surface area contributed by atoms with Gasteiger partial charge in [0, 0.05) is 5.56 Å². The van der Waals surface area contributed by atoms with E-state index in [4.69, 9.17) is 0 Å². The number of aliphatic hydroxyl groups excluding tert-OH is 1. The van der Waals surface area contributed by atoms with E-state index < -0.39 is 6.23 Å². The number of aliphatic hydroxyl groups is 1. The van der Waals surface area contributed by atoms with Gasteiger partial charge < -0.3 is 5.11 Å². The Balaban J connectivity index is 3.04. The van der Waals surface area contributed by atoms with Crippen molar-refractivity contribution in [1.29, 1.82) is 0 Å². The molecule has 66 valence electrons. The third kappa shape index (κ3) is 1.81. The molecule has 0 aromatic heterocycles. The van der Waals surface area contributed by atoms with E-state index in [0.29, 0.717) is 0 Å². The highest BCUT2D eigenvalue weighted by Gasteiger charge is 2.09. The van der Waals surface area contributed by atoms with Crippen LogP contribution in [0.15, 0.2) is 18.2 Å². The van der Waals surface area contributed by atoms with Gasteiger partial charge in [-0.2, -0.15) is 0 Å². The lowest BCUT2D eigenvalue weighted by molar-refractivity contribution is 0.145. The Bertz CT molecular complexity index is 275. The molecular formula is C9H12FNO. The number of benzene rings is 1. The summed E-state index contributed by atoms with van der Waals surface area (Å²) in [6.07, 6.45) is -0.926. The monoisotopic (exact) mass is 169 g/mol. The van der Waals surface area contributed by atoms with Crippen LogP contribution >= 0.6 is 0 Å². The molecule has 0 saturated carbocycles. The van der Waals surface area contributed by atoms with Crippen LogP contribution in [-0.4, -0.2) is 12.2 Å². The Morgan fingerprint density at radius 2 is 2.17 bits per heavy atom. The Hall–Kier alpha value is -0.930. The van der Waals surface area contributed by atoms with Crippen LogP contribution in [0.1, 0.15) is 17.4 Å². The van der Waals surface area contributed by atoms with Crippen molar-refractivity contribution in [3.05, 3.63) is 35.1 Å². The predicted molar refractivity (Wildman–Crippen MR) is 45.2 cm³/mol. The van der Waals surface area contributed by atoms with E-state index in [1.165, 1.54) is 6.07 Å². The van der Waals surface area contributed by atoms with E-state index in [1.54, 1.807) is 19.2 Å². The molecule has 3 heteroatoms. The maximum absolute atomic E-state index is 13.0. The van der Waals surface area contributed by atoms with Crippen LogP contribution in [0, 0.1) is 12.7 Å². The van der Waals surface area contributed by atoms with Gasteiger partial charge in [-0.15, -0.1) is 0 Å². The first kappa shape index (κ1) is 9.16. The zero-order chi connectivity index (χ0) is 9.14. The Morgan fingerprint density at radius 1 is 1.50 bits per heavy atom. The minimum atomic E-state index is -0.926. The van der Waals surface area contributed by atoms with Gasteiger partial charge in [-0.05, 0) is 26.1 Å². The first-order chi connectivity index (χ1) is 5.65. The lowest BCUT2D eigenvalue weighted by Gasteiger charge is -2.10. The fourth-order valence-electron chi connectivity index (χ4n) is 1.03. The summed E-state index contributed by atoms with van der Waals surface area (Å²) in [5.74, 6) is -0.387. The standard InChI is InChI=1S/C9H12FNO/c1-6-3-4-8(10)7(5-6)9(12)11-2/h3-5,9,11-12H,1-2H3. The van der Waals surface area contributed by atoms with E-state index in [-0.39, 0.29) is 11.4 Å². The molecule has 0 bridgehead atoms. The molecule has 0 fully saturated rings. The topological polar surface area (TPSA) is 32.3 Å². The molecular weight excluding hydrogens is 157 g/mol. The van der Waals surface area contributed by atoms with E-state index in [9.17, 15) is 9.50 Å². The molecule has 1 rings (SSSR count).